The number of benzene rings is 2. The zero-order valence-corrected chi connectivity index (χ0v) is 17.2. The molecule has 8 heteroatoms. The lowest BCUT2D eigenvalue weighted by atomic mass is 10.2. The molecule has 7 nitrogen and oxygen atoms in total. The van der Waals surface area contributed by atoms with Crippen LogP contribution >= 0.6 is 0 Å². The Morgan fingerprint density at radius 2 is 1.73 bits per heavy atom. The average Bonchev–Trinajstić information content (AvgIpc) is 3.32. The first-order chi connectivity index (χ1) is 14.5. The third-order valence-corrected chi connectivity index (χ3v) is 6.88. The van der Waals surface area contributed by atoms with Crippen LogP contribution in [0.3, 0.4) is 0 Å². The first-order valence-corrected chi connectivity index (χ1v) is 11.2. The Kier molecular flexibility index (Phi) is 5.87. The van der Waals surface area contributed by atoms with Gasteiger partial charge in [0.2, 0.25) is 15.9 Å². The predicted octanol–water partition coefficient (Wildman–Crippen LogP) is 2.74. The largest absolute Gasteiger partial charge is 0.348 e. The molecule has 154 valence electrons. The Bertz CT molecular complexity index is 1180. The average molecular weight is 423 g/mol. The normalized spacial score (nSPS) is 15.1. The molecule has 3 aromatic rings. The van der Waals surface area contributed by atoms with Gasteiger partial charge in [0, 0.05) is 25.7 Å². The fraction of sp³-hybridized carbons (Fsp3) is 0.227. The van der Waals surface area contributed by atoms with E-state index in [0.29, 0.717) is 25.3 Å². The van der Waals surface area contributed by atoms with Crippen molar-refractivity contribution in [2.45, 2.75) is 24.3 Å². The lowest BCUT2D eigenvalue weighted by molar-refractivity contribution is -0.116. The first-order valence-electron chi connectivity index (χ1n) is 9.79. The Labute approximate surface area is 175 Å². The molecule has 0 atom stereocenters. The van der Waals surface area contributed by atoms with Gasteiger partial charge in [-0.2, -0.15) is 4.31 Å². The van der Waals surface area contributed by atoms with Crippen LogP contribution in [-0.2, 0) is 21.4 Å². The molecule has 0 unspecified atom stereocenters. The van der Waals surface area contributed by atoms with Crippen LogP contribution < -0.4 is 5.32 Å². The van der Waals surface area contributed by atoms with Crippen molar-refractivity contribution in [3.8, 4) is 0 Å². The molecule has 30 heavy (non-hydrogen) atoms. The smallest absolute Gasteiger partial charge is 0.244 e. The minimum Gasteiger partial charge on any atom is -0.348 e. The summed E-state index contributed by atoms with van der Waals surface area (Å²) in [5.74, 6) is -0.265. The molecule has 1 aliphatic heterocycles. The third kappa shape index (κ3) is 4.55. The van der Waals surface area contributed by atoms with Gasteiger partial charge in [-0.15, -0.1) is 0 Å². The van der Waals surface area contributed by atoms with E-state index in [0.717, 1.165) is 29.4 Å². The Morgan fingerprint density at radius 3 is 2.47 bits per heavy atom. The van der Waals surface area contributed by atoms with Crippen LogP contribution in [0.2, 0.25) is 0 Å². The van der Waals surface area contributed by atoms with E-state index in [1.54, 1.807) is 36.5 Å². The van der Waals surface area contributed by atoms with Crippen molar-refractivity contribution >= 4 is 33.0 Å². The fourth-order valence-electron chi connectivity index (χ4n) is 3.32. The summed E-state index contributed by atoms with van der Waals surface area (Å²) in [6, 6.07) is 14.2. The molecule has 1 aliphatic rings. The molecule has 0 saturated carbocycles. The molecule has 0 radical (unpaired) electrons. The highest BCUT2D eigenvalue weighted by molar-refractivity contribution is 7.89. The van der Waals surface area contributed by atoms with E-state index in [4.69, 9.17) is 0 Å². The van der Waals surface area contributed by atoms with E-state index in [1.165, 1.54) is 10.4 Å². The number of hydrogen-bond acceptors (Lipinski definition) is 5. The molecule has 4 rings (SSSR count). The zero-order chi connectivity index (χ0) is 21.0. The van der Waals surface area contributed by atoms with Gasteiger partial charge < -0.3 is 5.32 Å². The van der Waals surface area contributed by atoms with Gasteiger partial charge in [0.1, 0.15) is 0 Å². The molecule has 0 aliphatic carbocycles. The molecular formula is C22H22N4O3S. The van der Waals surface area contributed by atoms with Crippen molar-refractivity contribution in [1.29, 1.82) is 0 Å². The fourth-order valence-corrected chi connectivity index (χ4v) is 4.83. The second-order valence-corrected chi connectivity index (χ2v) is 9.03. The summed E-state index contributed by atoms with van der Waals surface area (Å²) in [4.78, 5) is 21.1. The molecule has 0 bridgehead atoms. The number of sulfonamides is 1. The van der Waals surface area contributed by atoms with E-state index in [9.17, 15) is 13.2 Å². The summed E-state index contributed by atoms with van der Waals surface area (Å²) in [5.41, 5.74) is 2.99. The summed E-state index contributed by atoms with van der Waals surface area (Å²) in [7, 11) is -3.42. The summed E-state index contributed by atoms with van der Waals surface area (Å²) in [6.07, 6.45) is 6.44. The van der Waals surface area contributed by atoms with Crippen molar-refractivity contribution in [1.82, 2.24) is 19.6 Å². The topological polar surface area (TPSA) is 92.3 Å². The lowest BCUT2D eigenvalue weighted by Gasteiger charge is -2.15. The zero-order valence-electron chi connectivity index (χ0n) is 16.4. The molecule has 1 fully saturated rings. The quantitative estimate of drug-likeness (QED) is 0.617. The van der Waals surface area contributed by atoms with E-state index in [-0.39, 0.29) is 10.8 Å². The second-order valence-electron chi connectivity index (χ2n) is 7.09. The number of para-hydroxylation sites is 2. The predicted molar refractivity (Wildman–Crippen MR) is 115 cm³/mol. The number of carbonyl (C=O) groups excluding carboxylic acids is 1. The van der Waals surface area contributed by atoms with Crippen molar-refractivity contribution in [3.63, 3.8) is 0 Å². The number of aromatic nitrogens is 2. The standard InChI is InChI=1S/C22H22N4O3S/c27-22(12-9-18-16-23-20-5-1-2-6-21(20)25-18)24-15-17-7-10-19(11-8-17)30(28,29)26-13-3-4-14-26/h1-2,5-12,16H,3-4,13-15H2,(H,24,27). The van der Waals surface area contributed by atoms with Crippen LogP contribution in [0.5, 0.6) is 0 Å². The van der Waals surface area contributed by atoms with Crippen LogP contribution in [0.15, 0.2) is 65.7 Å². The Morgan fingerprint density at radius 1 is 1.03 bits per heavy atom. The highest BCUT2D eigenvalue weighted by Crippen LogP contribution is 2.21. The number of fused-ring (bicyclic) bond motifs is 1. The summed E-state index contributed by atoms with van der Waals surface area (Å²) in [6.45, 7) is 1.46. The van der Waals surface area contributed by atoms with E-state index in [2.05, 4.69) is 15.3 Å². The number of amides is 1. The molecule has 2 heterocycles. The minimum atomic E-state index is -3.42. The van der Waals surface area contributed by atoms with Crippen molar-refractivity contribution < 1.29 is 13.2 Å². The maximum absolute atomic E-state index is 12.5. The van der Waals surface area contributed by atoms with Crippen LogP contribution in [-0.4, -0.2) is 41.7 Å². The second kappa shape index (κ2) is 8.73. The van der Waals surface area contributed by atoms with Crippen LogP contribution in [0.25, 0.3) is 17.1 Å². The number of nitrogens with one attached hydrogen (secondary N) is 1. The molecule has 1 saturated heterocycles. The Balaban J connectivity index is 1.34. The number of hydrogen-bond donors (Lipinski definition) is 1. The number of rotatable bonds is 6. The van der Waals surface area contributed by atoms with Gasteiger partial charge in [0.15, 0.2) is 0 Å². The highest BCUT2D eigenvalue weighted by Gasteiger charge is 2.26. The van der Waals surface area contributed by atoms with Gasteiger partial charge in [-0.1, -0.05) is 24.3 Å². The van der Waals surface area contributed by atoms with Gasteiger partial charge in [-0.05, 0) is 48.7 Å². The van der Waals surface area contributed by atoms with Crippen LogP contribution in [0.4, 0.5) is 0 Å². The van der Waals surface area contributed by atoms with Crippen molar-refractivity contribution in [3.05, 3.63) is 72.1 Å². The van der Waals surface area contributed by atoms with Crippen molar-refractivity contribution in [2.75, 3.05) is 13.1 Å². The van der Waals surface area contributed by atoms with Crippen LogP contribution in [0.1, 0.15) is 24.1 Å². The van der Waals surface area contributed by atoms with Gasteiger partial charge in [-0.25, -0.2) is 13.4 Å². The van der Waals surface area contributed by atoms with Gasteiger partial charge in [0.25, 0.3) is 0 Å². The number of nitrogens with zero attached hydrogens (tertiary/aromatic N) is 3. The molecule has 1 amide bonds. The molecule has 1 N–H and O–H groups in total. The van der Waals surface area contributed by atoms with E-state index >= 15 is 0 Å². The summed E-state index contributed by atoms with van der Waals surface area (Å²) < 4.78 is 26.6. The maximum atomic E-state index is 12.5. The Hall–Kier alpha value is -3.10. The monoisotopic (exact) mass is 422 g/mol. The highest BCUT2D eigenvalue weighted by atomic mass is 32.2. The van der Waals surface area contributed by atoms with E-state index < -0.39 is 10.0 Å². The number of carbonyl (C=O) groups is 1. The van der Waals surface area contributed by atoms with Crippen molar-refractivity contribution in [2.24, 2.45) is 0 Å². The molecule has 2 aromatic carbocycles. The molecule has 1 aromatic heterocycles. The van der Waals surface area contributed by atoms with Gasteiger partial charge >= 0.3 is 0 Å². The summed E-state index contributed by atoms with van der Waals surface area (Å²) in [5, 5.41) is 2.79. The molecule has 0 spiro atoms. The van der Waals surface area contributed by atoms with Crippen LogP contribution in [0, 0.1) is 0 Å². The third-order valence-electron chi connectivity index (χ3n) is 4.97. The summed E-state index contributed by atoms with van der Waals surface area (Å²) >= 11 is 0. The minimum absolute atomic E-state index is 0.265. The van der Waals surface area contributed by atoms with Gasteiger partial charge in [-0.3, -0.25) is 9.78 Å². The maximum Gasteiger partial charge on any atom is 0.244 e. The lowest BCUT2D eigenvalue weighted by Crippen LogP contribution is -2.27. The van der Waals surface area contributed by atoms with E-state index in [1.807, 2.05) is 24.3 Å². The van der Waals surface area contributed by atoms with Gasteiger partial charge in [0.05, 0.1) is 27.8 Å². The first kappa shape index (κ1) is 20.2. The SMILES string of the molecule is O=C(C=Cc1cnc2ccccc2n1)NCc1ccc(S(=O)(=O)N2CCCC2)cc1. The molecular weight excluding hydrogens is 400 g/mol.